The maximum absolute atomic E-state index is 9.41. The van der Waals surface area contributed by atoms with Gasteiger partial charge in [0.1, 0.15) is 0 Å². The topological polar surface area (TPSA) is 98.7 Å². The van der Waals surface area contributed by atoms with Gasteiger partial charge in [-0.25, -0.2) is 0 Å². The van der Waals surface area contributed by atoms with E-state index >= 15 is 0 Å². The molecule has 0 aliphatic carbocycles. The molecule has 0 aromatic rings. The van der Waals surface area contributed by atoms with E-state index in [4.69, 9.17) is 0 Å². The Kier molecular flexibility index (Phi) is 22.2. The number of rotatable bonds is 4. The zero-order valence-corrected chi connectivity index (χ0v) is 9.79. The molecule has 0 heterocycles. The standard InChI is InChI=1S/2C2H5O3P.Cu/c2*1-2-5-6(3)4;/h2*2H2,1H3;/q;;+2. The quantitative estimate of drug-likeness (QED) is 0.534. The minimum atomic E-state index is -2.60. The molecule has 6 nitrogen and oxygen atoms in total. The molecule has 2 unspecified atom stereocenters. The van der Waals surface area contributed by atoms with Crippen LogP contribution < -0.4 is 9.79 Å². The van der Waals surface area contributed by atoms with Crippen molar-refractivity contribution in [2.45, 2.75) is 13.8 Å². The van der Waals surface area contributed by atoms with E-state index in [1.54, 1.807) is 13.8 Å². The second kappa shape index (κ2) is 15.1. The van der Waals surface area contributed by atoms with Crippen molar-refractivity contribution < 1.29 is 45.0 Å². The predicted molar refractivity (Wildman–Crippen MR) is 38.5 cm³/mol. The summed E-state index contributed by atoms with van der Waals surface area (Å²) in [6.45, 7) is 3.70. The summed E-state index contributed by atoms with van der Waals surface area (Å²) >= 11 is 0. The third-order valence-corrected chi connectivity index (χ3v) is 1.41. The van der Waals surface area contributed by atoms with Gasteiger partial charge >= 0.3 is 33.6 Å². The van der Waals surface area contributed by atoms with Crippen LogP contribution in [0.3, 0.4) is 0 Å². The zero-order valence-electron chi connectivity index (χ0n) is 7.06. The van der Waals surface area contributed by atoms with Crippen LogP contribution in [-0.2, 0) is 35.2 Å². The van der Waals surface area contributed by atoms with E-state index < -0.39 is 16.5 Å². The van der Waals surface area contributed by atoms with Gasteiger partial charge in [-0.15, -0.1) is 9.05 Å². The van der Waals surface area contributed by atoms with E-state index in [9.17, 15) is 18.9 Å². The van der Waals surface area contributed by atoms with Gasteiger partial charge in [0, 0.05) is 0 Å². The van der Waals surface area contributed by atoms with Gasteiger partial charge in [0.05, 0.1) is 13.2 Å². The predicted octanol–water partition coefficient (Wildman–Crippen LogP) is 0.0787. The van der Waals surface area contributed by atoms with Crippen LogP contribution in [0.1, 0.15) is 13.8 Å². The minimum absolute atomic E-state index is 0. The normalized spacial score (nSPS) is 10.5. The first-order valence-corrected chi connectivity index (χ1v) is 5.28. The summed E-state index contributed by atoms with van der Waals surface area (Å²) in [5, 5.41) is 0. The van der Waals surface area contributed by atoms with Crippen LogP contribution in [0.4, 0.5) is 0 Å². The molecule has 9 heteroatoms. The molecular weight excluding hydrogens is 270 g/mol. The Morgan fingerprint density at radius 2 is 1.23 bits per heavy atom. The third kappa shape index (κ3) is 32.5. The molecule has 0 aliphatic rings. The average Bonchev–Trinajstić information content (AvgIpc) is 1.87. The molecule has 0 aliphatic heterocycles. The second-order valence-electron chi connectivity index (χ2n) is 1.28. The summed E-state index contributed by atoms with van der Waals surface area (Å²) in [5.74, 6) is 0. The van der Waals surface area contributed by atoms with Gasteiger partial charge < -0.3 is 9.79 Å². The molecular formula is C4H10CuO6P2+2. The van der Waals surface area contributed by atoms with Gasteiger partial charge in [-0.05, 0) is 23.0 Å². The average molecular weight is 280 g/mol. The SMILES string of the molecule is CCO[P+](=O)[O-].CCO[P+](=O)[O-].[Cu+2]. The van der Waals surface area contributed by atoms with E-state index in [0.29, 0.717) is 0 Å². The molecule has 1 radical (unpaired) electrons. The monoisotopic (exact) mass is 279 g/mol. The molecule has 0 aromatic carbocycles. The van der Waals surface area contributed by atoms with Crippen LogP contribution >= 0.6 is 16.5 Å². The maximum Gasteiger partial charge on any atom is 2.00 e. The Labute approximate surface area is 89.0 Å². The van der Waals surface area contributed by atoms with Crippen LogP contribution in [0.25, 0.3) is 0 Å². The molecule has 2 atom stereocenters. The third-order valence-electron chi connectivity index (χ3n) is 0.469. The summed E-state index contributed by atoms with van der Waals surface area (Å²) in [5.41, 5.74) is 0. The van der Waals surface area contributed by atoms with Crippen molar-refractivity contribution in [2.75, 3.05) is 13.2 Å². The second-order valence-corrected chi connectivity index (χ2v) is 2.69. The summed E-state index contributed by atoms with van der Waals surface area (Å²) < 4.78 is 26.8. The van der Waals surface area contributed by atoms with Gasteiger partial charge in [-0.3, -0.25) is 0 Å². The van der Waals surface area contributed by atoms with Crippen molar-refractivity contribution in [2.24, 2.45) is 0 Å². The van der Waals surface area contributed by atoms with Gasteiger partial charge in [-0.2, -0.15) is 0 Å². The molecule has 0 saturated carbocycles. The molecule has 0 aromatic heterocycles. The summed E-state index contributed by atoms with van der Waals surface area (Å²) in [6, 6.07) is 0. The summed E-state index contributed by atoms with van der Waals surface area (Å²) in [4.78, 5) is 18.8. The van der Waals surface area contributed by atoms with Gasteiger partial charge in [0.15, 0.2) is 0 Å². The molecule has 0 N–H and O–H groups in total. The summed E-state index contributed by atoms with van der Waals surface area (Å²) in [7, 11) is -5.20. The van der Waals surface area contributed by atoms with E-state index in [1.165, 1.54) is 0 Å². The zero-order chi connectivity index (χ0) is 9.98. The van der Waals surface area contributed by atoms with E-state index in [-0.39, 0.29) is 30.3 Å². The Morgan fingerprint density at radius 1 is 1.00 bits per heavy atom. The number of hydrogen-bond acceptors (Lipinski definition) is 6. The first kappa shape index (κ1) is 19.2. The Bertz CT molecular complexity index is 127. The van der Waals surface area contributed by atoms with E-state index in [0.717, 1.165) is 0 Å². The van der Waals surface area contributed by atoms with Crippen molar-refractivity contribution in [3.05, 3.63) is 0 Å². The number of hydrogen-bond donors (Lipinski definition) is 0. The van der Waals surface area contributed by atoms with Crippen LogP contribution in [0.5, 0.6) is 0 Å². The Morgan fingerprint density at radius 3 is 1.23 bits per heavy atom. The Hall–Kier alpha value is 0.559. The molecule has 0 spiro atoms. The van der Waals surface area contributed by atoms with Crippen molar-refractivity contribution in [1.82, 2.24) is 0 Å². The van der Waals surface area contributed by atoms with Gasteiger partial charge in [-0.1, -0.05) is 0 Å². The molecule has 0 amide bonds. The van der Waals surface area contributed by atoms with E-state index in [2.05, 4.69) is 9.05 Å². The van der Waals surface area contributed by atoms with Gasteiger partial charge in [0.25, 0.3) is 0 Å². The molecule has 0 rings (SSSR count). The first-order chi connectivity index (χ1) is 5.54. The molecule has 81 valence electrons. The van der Waals surface area contributed by atoms with Crippen LogP contribution in [0.2, 0.25) is 0 Å². The maximum atomic E-state index is 9.41. The molecule has 0 saturated heterocycles. The fourth-order valence-corrected chi connectivity index (χ4v) is 0.632. The fourth-order valence-electron chi connectivity index (χ4n) is 0.211. The fraction of sp³-hybridized carbons (Fsp3) is 1.00. The van der Waals surface area contributed by atoms with E-state index in [1.807, 2.05) is 0 Å². The van der Waals surface area contributed by atoms with Gasteiger partial charge in [0.2, 0.25) is 0 Å². The van der Waals surface area contributed by atoms with Crippen LogP contribution in [0.15, 0.2) is 0 Å². The van der Waals surface area contributed by atoms with Crippen LogP contribution in [0, 0.1) is 0 Å². The van der Waals surface area contributed by atoms with Crippen molar-refractivity contribution in [3.8, 4) is 0 Å². The molecule has 0 bridgehead atoms. The molecule has 13 heavy (non-hydrogen) atoms. The van der Waals surface area contributed by atoms with Crippen molar-refractivity contribution >= 4 is 16.5 Å². The van der Waals surface area contributed by atoms with Crippen molar-refractivity contribution in [1.29, 1.82) is 0 Å². The Balaban J connectivity index is -0.000000143. The minimum Gasteiger partial charge on any atom is -0.566 e. The van der Waals surface area contributed by atoms with Crippen molar-refractivity contribution in [3.63, 3.8) is 0 Å². The largest absolute Gasteiger partial charge is 2.00 e. The smallest absolute Gasteiger partial charge is 0.566 e. The summed E-state index contributed by atoms with van der Waals surface area (Å²) in [6.07, 6.45) is 0. The first-order valence-electron chi connectivity index (χ1n) is 3.09. The molecule has 0 fully saturated rings. The van der Waals surface area contributed by atoms with Crippen LogP contribution in [-0.4, -0.2) is 13.2 Å².